The van der Waals surface area contributed by atoms with E-state index < -0.39 is 0 Å². The highest BCUT2D eigenvalue weighted by atomic mass is 32.1. The molecule has 1 aromatic heterocycles. The molecule has 0 saturated heterocycles. The fourth-order valence-corrected chi connectivity index (χ4v) is 4.18. The summed E-state index contributed by atoms with van der Waals surface area (Å²) in [4.78, 5) is 1.58. The van der Waals surface area contributed by atoms with Crippen LogP contribution in [0.2, 0.25) is 0 Å². The maximum atomic E-state index is 3.61. The third-order valence-corrected chi connectivity index (χ3v) is 4.68. The van der Waals surface area contributed by atoms with Gasteiger partial charge in [-0.25, -0.2) is 0 Å². The van der Waals surface area contributed by atoms with Gasteiger partial charge in [0.1, 0.15) is 0 Å². The van der Waals surface area contributed by atoms with Crippen molar-refractivity contribution >= 4 is 11.3 Å². The predicted octanol–water partition coefficient (Wildman–Crippen LogP) is 3.81. The molecule has 1 saturated carbocycles. The molecule has 1 heterocycles. The van der Waals surface area contributed by atoms with E-state index in [1.807, 2.05) is 11.3 Å². The standard InChI is InChI=1S/C14H23NS/c1-4-7-15-11-14(9-13(2,3)10-14)12-6-5-8-16-12/h5-6,8,15H,4,7,9-11H2,1-3H3. The fraction of sp³-hybridized carbons (Fsp3) is 0.714. The molecule has 0 aromatic carbocycles. The zero-order chi connectivity index (χ0) is 11.6. The van der Waals surface area contributed by atoms with Crippen LogP contribution in [0.4, 0.5) is 0 Å². The molecule has 1 N–H and O–H groups in total. The van der Waals surface area contributed by atoms with Gasteiger partial charge in [-0.1, -0.05) is 26.8 Å². The van der Waals surface area contributed by atoms with Gasteiger partial charge in [-0.15, -0.1) is 11.3 Å². The largest absolute Gasteiger partial charge is 0.316 e. The SMILES string of the molecule is CCCNCC1(c2cccs2)CC(C)(C)C1. The summed E-state index contributed by atoms with van der Waals surface area (Å²) in [5.41, 5.74) is 0.977. The molecular weight excluding hydrogens is 214 g/mol. The van der Waals surface area contributed by atoms with Crippen molar-refractivity contribution in [2.45, 2.75) is 45.4 Å². The number of hydrogen-bond donors (Lipinski definition) is 1. The summed E-state index contributed by atoms with van der Waals surface area (Å²) in [6.45, 7) is 9.31. The second kappa shape index (κ2) is 4.50. The van der Waals surface area contributed by atoms with Crippen molar-refractivity contribution < 1.29 is 0 Å². The first-order chi connectivity index (χ1) is 7.58. The van der Waals surface area contributed by atoms with Crippen molar-refractivity contribution in [1.29, 1.82) is 0 Å². The summed E-state index contributed by atoms with van der Waals surface area (Å²) < 4.78 is 0. The van der Waals surface area contributed by atoms with Crippen LogP contribution < -0.4 is 5.32 Å². The van der Waals surface area contributed by atoms with Gasteiger partial charge in [0.2, 0.25) is 0 Å². The fourth-order valence-electron chi connectivity index (χ4n) is 3.25. The van der Waals surface area contributed by atoms with Crippen LogP contribution in [0.15, 0.2) is 17.5 Å². The third kappa shape index (κ3) is 2.33. The predicted molar refractivity (Wildman–Crippen MR) is 72.2 cm³/mol. The third-order valence-electron chi connectivity index (χ3n) is 3.57. The van der Waals surface area contributed by atoms with E-state index in [1.54, 1.807) is 4.88 Å². The van der Waals surface area contributed by atoms with Crippen LogP contribution in [0.3, 0.4) is 0 Å². The Bertz CT molecular complexity index is 319. The average molecular weight is 237 g/mol. The molecule has 0 spiro atoms. The van der Waals surface area contributed by atoms with E-state index >= 15 is 0 Å². The van der Waals surface area contributed by atoms with E-state index in [9.17, 15) is 0 Å². The lowest BCUT2D eigenvalue weighted by atomic mass is 9.54. The molecule has 90 valence electrons. The van der Waals surface area contributed by atoms with Gasteiger partial charge in [0.05, 0.1) is 0 Å². The van der Waals surface area contributed by atoms with Gasteiger partial charge < -0.3 is 5.32 Å². The Labute approximate surface area is 103 Å². The van der Waals surface area contributed by atoms with Crippen molar-refractivity contribution in [1.82, 2.24) is 5.32 Å². The zero-order valence-electron chi connectivity index (χ0n) is 10.7. The van der Waals surface area contributed by atoms with Crippen LogP contribution in [0.5, 0.6) is 0 Å². The van der Waals surface area contributed by atoms with Crippen molar-refractivity contribution in [3.63, 3.8) is 0 Å². The van der Waals surface area contributed by atoms with Crippen LogP contribution in [-0.4, -0.2) is 13.1 Å². The second-order valence-corrected chi connectivity index (χ2v) is 6.90. The lowest BCUT2D eigenvalue weighted by Crippen LogP contribution is -2.52. The molecule has 1 nitrogen and oxygen atoms in total. The second-order valence-electron chi connectivity index (χ2n) is 5.95. The Morgan fingerprint density at radius 2 is 2.12 bits per heavy atom. The number of nitrogens with one attached hydrogen (secondary N) is 1. The van der Waals surface area contributed by atoms with Crippen LogP contribution in [-0.2, 0) is 5.41 Å². The summed E-state index contributed by atoms with van der Waals surface area (Å²) in [6, 6.07) is 4.50. The van der Waals surface area contributed by atoms with Crippen molar-refractivity contribution in [2.24, 2.45) is 5.41 Å². The summed E-state index contributed by atoms with van der Waals surface area (Å²) in [5, 5.41) is 5.82. The van der Waals surface area contributed by atoms with Crippen LogP contribution in [0.25, 0.3) is 0 Å². The molecular formula is C14H23NS. The molecule has 0 aliphatic heterocycles. The first-order valence-corrected chi connectivity index (χ1v) is 7.21. The molecule has 1 aliphatic rings. The monoisotopic (exact) mass is 237 g/mol. The Morgan fingerprint density at radius 1 is 1.38 bits per heavy atom. The van der Waals surface area contributed by atoms with Crippen molar-refractivity contribution in [3.05, 3.63) is 22.4 Å². The summed E-state index contributed by atoms with van der Waals surface area (Å²) >= 11 is 1.92. The van der Waals surface area contributed by atoms with Gasteiger partial charge in [-0.05, 0) is 42.7 Å². The van der Waals surface area contributed by atoms with E-state index in [1.165, 1.54) is 19.3 Å². The summed E-state index contributed by atoms with van der Waals surface area (Å²) in [7, 11) is 0. The van der Waals surface area contributed by atoms with E-state index in [4.69, 9.17) is 0 Å². The molecule has 0 atom stereocenters. The van der Waals surface area contributed by atoms with Crippen molar-refractivity contribution in [2.75, 3.05) is 13.1 Å². The molecule has 1 aliphatic carbocycles. The Morgan fingerprint density at radius 3 is 2.62 bits per heavy atom. The van der Waals surface area contributed by atoms with Gasteiger partial charge in [0.15, 0.2) is 0 Å². The molecule has 2 rings (SSSR count). The lowest BCUT2D eigenvalue weighted by Gasteiger charge is -2.53. The van der Waals surface area contributed by atoms with Crippen LogP contribution in [0.1, 0.15) is 44.9 Å². The molecule has 1 fully saturated rings. The zero-order valence-corrected chi connectivity index (χ0v) is 11.5. The number of thiophene rings is 1. The maximum absolute atomic E-state index is 3.61. The van der Waals surface area contributed by atoms with Crippen LogP contribution >= 0.6 is 11.3 Å². The molecule has 0 radical (unpaired) electrons. The Kier molecular flexibility index (Phi) is 3.41. The Balaban J connectivity index is 2.04. The summed E-state index contributed by atoms with van der Waals surface area (Å²) in [6.07, 6.45) is 3.89. The van der Waals surface area contributed by atoms with Gasteiger partial charge >= 0.3 is 0 Å². The minimum atomic E-state index is 0.437. The number of hydrogen-bond acceptors (Lipinski definition) is 2. The molecule has 16 heavy (non-hydrogen) atoms. The normalized spacial score (nSPS) is 21.7. The first kappa shape index (κ1) is 12.1. The van der Waals surface area contributed by atoms with E-state index in [0.29, 0.717) is 10.8 Å². The molecule has 0 bridgehead atoms. The minimum Gasteiger partial charge on any atom is -0.316 e. The average Bonchev–Trinajstić information content (AvgIpc) is 2.67. The molecule has 1 aromatic rings. The molecule has 2 heteroatoms. The highest BCUT2D eigenvalue weighted by Crippen LogP contribution is 2.55. The van der Waals surface area contributed by atoms with Gasteiger partial charge in [-0.2, -0.15) is 0 Å². The Hall–Kier alpha value is -0.340. The molecule has 0 unspecified atom stereocenters. The highest BCUT2D eigenvalue weighted by molar-refractivity contribution is 7.10. The quantitative estimate of drug-likeness (QED) is 0.768. The first-order valence-electron chi connectivity index (χ1n) is 6.33. The number of rotatable bonds is 5. The summed E-state index contributed by atoms with van der Waals surface area (Å²) in [5.74, 6) is 0. The lowest BCUT2D eigenvalue weighted by molar-refractivity contribution is 0.0592. The smallest absolute Gasteiger partial charge is 0.0182 e. The van der Waals surface area contributed by atoms with E-state index in [2.05, 4.69) is 43.6 Å². The van der Waals surface area contributed by atoms with E-state index in [-0.39, 0.29) is 0 Å². The minimum absolute atomic E-state index is 0.437. The van der Waals surface area contributed by atoms with Crippen LogP contribution in [0, 0.1) is 5.41 Å². The van der Waals surface area contributed by atoms with E-state index in [0.717, 1.165) is 13.1 Å². The van der Waals surface area contributed by atoms with Crippen molar-refractivity contribution in [3.8, 4) is 0 Å². The maximum Gasteiger partial charge on any atom is 0.0182 e. The topological polar surface area (TPSA) is 12.0 Å². The van der Waals surface area contributed by atoms with Gasteiger partial charge in [0, 0.05) is 16.8 Å². The van der Waals surface area contributed by atoms with Gasteiger partial charge in [0.25, 0.3) is 0 Å². The molecule has 0 amide bonds. The van der Waals surface area contributed by atoms with Gasteiger partial charge in [-0.3, -0.25) is 0 Å². The highest BCUT2D eigenvalue weighted by Gasteiger charge is 2.50.